The van der Waals surface area contributed by atoms with Gasteiger partial charge in [-0.15, -0.1) is 0 Å². The molecule has 0 atom stereocenters. The number of carbonyl (C=O) groups is 2. The molecule has 0 fully saturated rings. The van der Waals surface area contributed by atoms with Crippen molar-refractivity contribution in [3.63, 3.8) is 0 Å². The second-order valence-corrected chi connectivity index (χ2v) is 6.69. The minimum atomic E-state index is -3.88. The van der Waals surface area contributed by atoms with Gasteiger partial charge in [-0.05, 0) is 42.5 Å². The van der Waals surface area contributed by atoms with Gasteiger partial charge in [0.25, 0.3) is 15.9 Å². The van der Waals surface area contributed by atoms with Gasteiger partial charge in [-0.3, -0.25) is 14.3 Å². The Morgan fingerprint density at radius 1 is 1.12 bits per heavy atom. The van der Waals surface area contributed by atoms with Crippen LogP contribution in [0.5, 0.6) is 5.75 Å². The Morgan fingerprint density at radius 3 is 2.40 bits per heavy atom. The van der Waals surface area contributed by atoms with Crippen molar-refractivity contribution in [2.24, 2.45) is 5.73 Å². The van der Waals surface area contributed by atoms with Crippen LogP contribution in [0.4, 0.5) is 5.69 Å². The van der Waals surface area contributed by atoms with Gasteiger partial charge in [-0.25, -0.2) is 8.42 Å². The van der Waals surface area contributed by atoms with Crippen molar-refractivity contribution >= 4 is 27.5 Å². The number of anilines is 1. The molecule has 0 spiro atoms. The SMILES string of the molecule is COc1ccc(NS(=O)(=O)c2cccc(C(=O)NCC(N)=O)c2)cc1. The lowest BCUT2D eigenvalue weighted by Crippen LogP contribution is -2.33. The summed E-state index contributed by atoms with van der Waals surface area (Å²) in [5.74, 6) is -0.699. The van der Waals surface area contributed by atoms with Crippen LogP contribution in [0, 0.1) is 0 Å². The number of rotatable bonds is 7. The molecule has 2 aromatic rings. The minimum Gasteiger partial charge on any atom is -0.497 e. The standard InChI is InChI=1S/C16H17N3O5S/c1-24-13-7-5-12(6-8-13)19-25(22,23)14-4-2-3-11(9-14)16(21)18-10-15(17)20/h2-9,19H,10H2,1H3,(H2,17,20)(H,18,21). The first-order valence-corrected chi connectivity index (χ1v) is 8.63. The molecule has 0 unspecified atom stereocenters. The van der Waals surface area contributed by atoms with E-state index < -0.39 is 21.8 Å². The predicted octanol–water partition coefficient (Wildman–Crippen LogP) is 0.711. The lowest BCUT2D eigenvalue weighted by Gasteiger charge is -2.10. The number of primary amides is 1. The number of benzene rings is 2. The Morgan fingerprint density at radius 2 is 1.80 bits per heavy atom. The van der Waals surface area contributed by atoms with Crippen LogP contribution in [-0.2, 0) is 14.8 Å². The van der Waals surface area contributed by atoms with Gasteiger partial charge >= 0.3 is 0 Å². The van der Waals surface area contributed by atoms with E-state index in [1.165, 1.54) is 31.4 Å². The van der Waals surface area contributed by atoms with Gasteiger partial charge in [-0.2, -0.15) is 0 Å². The van der Waals surface area contributed by atoms with Crippen LogP contribution in [0.1, 0.15) is 10.4 Å². The third-order valence-electron chi connectivity index (χ3n) is 3.17. The van der Waals surface area contributed by atoms with E-state index in [0.29, 0.717) is 11.4 Å². The molecule has 0 radical (unpaired) electrons. The first-order chi connectivity index (χ1) is 11.8. The second-order valence-electron chi connectivity index (χ2n) is 5.01. The molecule has 0 aliphatic rings. The largest absolute Gasteiger partial charge is 0.497 e. The summed E-state index contributed by atoms with van der Waals surface area (Å²) in [6, 6.07) is 11.8. The number of sulfonamides is 1. The van der Waals surface area contributed by atoms with Crippen LogP contribution in [-0.4, -0.2) is 33.9 Å². The molecule has 0 heterocycles. The molecule has 4 N–H and O–H groups in total. The maximum atomic E-state index is 12.4. The van der Waals surface area contributed by atoms with Gasteiger partial charge in [0.1, 0.15) is 5.75 Å². The number of carbonyl (C=O) groups excluding carboxylic acids is 2. The fourth-order valence-corrected chi connectivity index (χ4v) is 3.05. The number of hydrogen-bond acceptors (Lipinski definition) is 5. The van der Waals surface area contributed by atoms with Gasteiger partial charge in [0.05, 0.1) is 18.6 Å². The molecule has 0 aromatic heterocycles. The molecule has 8 nitrogen and oxygen atoms in total. The highest BCUT2D eigenvalue weighted by atomic mass is 32.2. The highest BCUT2D eigenvalue weighted by Crippen LogP contribution is 2.20. The van der Waals surface area contributed by atoms with Gasteiger partial charge in [-0.1, -0.05) is 6.07 Å². The molecule has 25 heavy (non-hydrogen) atoms. The lowest BCUT2D eigenvalue weighted by atomic mass is 10.2. The molecule has 0 aliphatic carbocycles. The minimum absolute atomic E-state index is 0.0879. The van der Waals surface area contributed by atoms with Crippen LogP contribution in [0.2, 0.25) is 0 Å². The van der Waals surface area contributed by atoms with Crippen LogP contribution in [0.25, 0.3) is 0 Å². The second kappa shape index (κ2) is 7.67. The van der Waals surface area contributed by atoms with E-state index in [4.69, 9.17) is 10.5 Å². The van der Waals surface area contributed by atoms with Gasteiger partial charge in [0.2, 0.25) is 5.91 Å². The topological polar surface area (TPSA) is 128 Å². The van der Waals surface area contributed by atoms with Gasteiger partial charge in [0.15, 0.2) is 0 Å². The molecule has 0 aliphatic heterocycles. The summed E-state index contributed by atoms with van der Waals surface area (Å²) in [6.07, 6.45) is 0. The average Bonchev–Trinajstić information content (AvgIpc) is 2.60. The van der Waals surface area contributed by atoms with Crippen LogP contribution in [0.15, 0.2) is 53.4 Å². The molecule has 9 heteroatoms. The number of hydrogen-bond donors (Lipinski definition) is 3. The van der Waals surface area contributed by atoms with E-state index in [-0.39, 0.29) is 17.0 Å². The third kappa shape index (κ3) is 4.95. The average molecular weight is 363 g/mol. The molecule has 2 amide bonds. The Kier molecular flexibility index (Phi) is 5.60. The summed E-state index contributed by atoms with van der Waals surface area (Å²) in [5.41, 5.74) is 5.40. The van der Waals surface area contributed by atoms with Crippen LogP contribution < -0.4 is 20.5 Å². The molecular formula is C16H17N3O5S. The number of ether oxygens (including phenoxy) is 1. The molecule has 2 rings (SSSR count). The molecule has 2 aromatic carbocycles. The zero-order valence-electron chi connectivity index (χ0n) is 13.4. The summed E-state index contributed by atoms with van der Waals surface area (Å²) < 4.78 is 32.3. The van der Waals surface area contributed by atoms with Crippen molar-refractivity contribution in [2.45, 2.75) is 4.90 Å². The van der Waals surface area contributed by atoms with Crippen LogP contribution >= 0.6 is 0 Å². The van der Waals surface area contributed by atoms with Gasteiger partial charge < -0.3 is 15.8 Å². The summed E-state index contributed by atoms with van der Waals surface area (Å²) in [7, 11) is -2.37. The molecule has 0 saturated carbocycles. The quantitative estimate of drug-likeness (QED) is 0.667. The van der Waals surface area contributed by atoms with Crippen LogP contribution in [0.3, 0.4) is 0 Å². The number of methoxy groups -OCH3 is 1. The van der Waals surface area contributed by atoms with E-state index in [2.05, 4.69) is 10.0 Å². The first-order valence-electron chi connectivity index (χ1n) is 7.15. The van der Waals surface area contributed by atoms with Crippen molar-refractivity contribution in [1.82, 2.24) is 5.32 Å². The summed E-state index contributed by atoms with van der Waals surface area (Å²) in [5, 5.41) is 2.30. The Labute approximate surface area is 145 Å². The number of nitrogens with two attached hydrogens (primary N) is 1. The zero-order chi connectivity index (χ0) is 18.4. The van der Waals surface area contributed by atoms with E-state index in [0.717, 1.165) is 0 Å². The third-order valence-corrected chi connectivity index (χ3v) is 4.55. The zero-order valence-corrected chi connectivity index (χ0v) is 14.2. The maximum absolute atomic E-state index is 12.4. The summed E-state index contributed by atoms with van der Waals surface area (Å²) in [6.45, 7) is -0.333. The number of nitrogens with one attached hydrogen (secondary N) is 2. The first kappa shape index (κ1) is 18.3. The summed E-state index contributed by atoms with van der Waals surface area (Å²) >= 11 is 0. The Hall–Kier alpha value is -3.07. The van der Waals surface area contributed by atoms with E-state index in [1.54, 1.807) is 24.3 Å². The van der Waals surface area contributed by atoms with Crippen molar-refractivity contribution < 1.29 is 22.7 Å². The Balaban J connectivity index is 2.19. The Bertz CT molecular complexity index is 879. The molecular weight excluding hydrogens is 346 g/mol. The van der Waals surface area contributed by atoms with Crippen molar-refractivity contribution in [2.75, 3.05) is 18.4 Å². The maximum Gasteiger partial charge on any atom is 0.261 e. The predicted molar refractivity (Wildman–Crippen MR) is 91.8 cm³/mol. The summed E-state index contributed by atoms with van der Waals surface area (Å²) in [4.78, 5) is 22.5. The highest BCUT2D eigenvalue weighted by molar-refractivity contribution is 7.92. The fraction of sp³-hybridized carbons (Fsp3) is 0.125. The van der Waals surface area contributed by atoms with Crippen molar-refractivity contribution in [1.29, 1.82) is 0 Å². The van der Waals surface area contributed by atoms with Crippen molar-refractivity contribution in [3.05, 3.63) is 54.1 Å². The van der Waals surface area contributed by atoms with E-state index in [1.807, 2.05) is 0 Å². The normalized spacial score (nSPS) is 10.8. The fourth-order valence-electron chi connectivity index (χ4n) is 1.95. The highest BCUT2D eigenvalue weighted by Gasteiger charge is 2.16. The smallest absolute Gasteiger partial charge is 0.261 e. The molecule has 0 saturated heterocycles. The van der Waals surface area contributed by atoms with Gasteiger partial charge in [0, 0.05) is 11.3 Å². The molecule has 132 valence electrons. The van der Waals surface area contributed by atoms with E-state index >= 15 is 0 Å². The van der Waals surface area contributed by atoms with Crippen molar-refractivity contribution in [3.8, 4) is 5.75 Å². The van der Waals surface area contributed by atoms with E-state index in [9.17, 15) is 18.0 Å². The monoisotopic (exact) mass is 363 g/mol. The molecule has 0 bridgehead atoms. The number of amides is 2. The lowest BCUT2D eigenvalue weighted by molar-refractivity contribution is -0.117.